The predicted molar refractivity (Wildman–Crippen MR) is 81.6 cm³/mol. The van der Waals surface area contributed by atoms with E-state index in [1.54, 1.807) is 11.0 Å². The van der Waals surface area contributed by atoms with Gasteiger partial charge >= 0.3 is 5.97 Å². The van der Waals surface area contributed by atoms with Gasteiger partial charge in [-0.05, 0) is 26.7 Å². The molecule has 0 rings (SSSR count). The van der Waals surface area contributed by atoms with Crippen molar-refractivity contribution in [2.24, 2.45) is 5.92 Å². The maximum atomic E-state index is 12.2. The number of hydrogen-bond donors (Lipinski definition) is 1. The molecule has 0 aromatic rings. The van der Waals surface area contributed by atoms with Crippen LogP contribution in [0.1, 0.15) is 59.3 Å². The van der Waals surface area contributed by atoms with Crippen LogP contribution >= 0.6 is 0 Å². The van der Waals surface area contributed by atoms with Crippen LogP contribution in [0.3, 0.4) is 0 Å². The van der Waals surface area contributed by atoms with E-state index in [0.29, 0.717) is 13.1 Å². The summed E-state index contributed by atoms with van der Waals surface area (Å²) in [6, 6.07) is 0. The minimum Gasteiger partial charge on any atom is -0.481 e. The van der Waals surface area contributed by atoms with Crippen molar-refractivity contribution >= 4 is 11.9 Å². The Morgan fingerprint density at radius 3 is 2.25 bits per heavy atom. The minimum atomic E-state index is -0.925. The van der Waals surface area contributed by atoms with Crippen LogP contribution in [-0.4, -0.2) is 35.0 Å². The molecule has 0 spiro atoms. The van der Waals surface area contributed by atoms with Crippen LogP contribution in [0.2, 0.25) is 0 Å². The molecule has 1 amide bonds. The molecule has 1 N–H and O–H groups in total. The lowest BCUT2D eigenvalue weighted by Gasteiger charge is -2.22. The lowest BCUT2D eigenvalue weighted by molar-refractivity contribution is -0.143. The Kier molecular flexibility index (Phi) is 10.7. The molecule has 0 aromatic carbocycles. The standard InChI is InChI=1S/C16H29NO3/c1-4-7-8-9-10-11-12-14(13-15(18)19)16(20)17(5-2)6-3/h11-12,14H,4-10,13H2,1-3H3,(H,18,19)/b12-11+. The Morgan fingerprint density at radius 1 is 1.10 bits per heavy atom. The van der Waals surface area contributed by atoms with Gasteiger partial charge in [-0.1, -0.05) is 38.3 Å². The number of rotatable bonds is 11. The summed E-state index contributed by atoms with van der Waals surface area (Å²) in [6.07, 6.45) is 9.25. The number of carbonyl (C=O) groups is 2. The minimum absolute atomic E-state index is 0.0813. The zero-order valence-electron chi connectivity index (χ0n) is 13.1. The first-order valence-electron chi connectivity index (χ1n) is 7.73. The number of carboxylic acid groups (broad SMARTS) is 1. The quantitative estimate of drug-likeness (QED) is 0.466. The first kappa shape index (κ1) is 18.7. The van der Waals surface area contributed by atoms with E-state index < -0.39 is 11.9 Å². The Hall–Kier alpha value is -1.32. The van der Waals surface area contributed by atoms with Gasteiger partial charge in [0.2, 0.25) is 5.91 Å². The van der Waals surface area contributed by atoms with E-state index in [4.69, 9.17) is 5.11 Å². The molecule has 4 heteroatoms. The van der Waals surface area contributed by atoms with Crippen LogP contribution < -0.4 is 0 Å². The third kappa shape index (κ3) is 7.97. The smallest absolute Gasteiger partial charge is 0.304 e. The molecular formula is C16H29NO3. The number of carbonyl (C=O) groups excluding carboxylic acids is 1. The van der Waals surface area contributed by atoms with Crippen molar-refractivity contribution in [3.8, 4) is 0 Å². The molecule has 0 radical (unpaired) electrons. The van der Waals surface area contributed by atoms with Crippen LogP contribution in [0.5, 0.6) is 0 Å². The highest BCUT2D eigenvalue weighted by Gasteiger charge is 2.22. The van der Waals surface area contributed by atoms with E-state index >= 15 is 0 Å². The molecule has 0 saturated heterocycles. The highest BCUT2D eigenvalue weighted by Crippen LogP contribution is 2.12. The van der Waals surface area contributed by atoms with Crippen molar-refractivity contribution in [2.75, 3.05) is 13.1 Å². The fourth-order valence-corrected chi connectivity index (χ4v) is 2.15. The first-order chi connectivity index (χ1) is 9.56. The number of nitrogens with zero attached hydrogens (tertiary/aromatic N) is 1. The third-order valence-electron chi connectivity index (χ3n) is 3.38. The Balaban J connectivity index is 4.44. The van der Waals surface area contributed by atoms with E-state index in [-0.39, 0.29) is 12.3 Å². The zero-order chi connectivity index (χ0) is 15.4. The summed E-state index contributed by atoms with van der Waals surface area (Å²) >= 11 is 0. The first-order valence-corrected chi connectivity index (χ1v) is 7.73. The van der Waals surface area contributed by atoms with E-state index in [2.05, 4.69) is 6.92 Å². The van der Waals surface area contributed by atoms with Gasteiger partial charge in [-0.25, -0.2) is 0 Å². The predicted octanol–water partition coefficient (Wildman–Crippen LogP) is 3.47. The molecule has 1 atom stereocenters. The average Bonchev–Trinajstić information content (AvgIpc) is 2.42. The summed E-state index contributed by atoms with van der Waals surface area (Å²) in [6.45, 7) is 7.23. The van der Waals surface area contributed by atoms with Crippen LogP contribution in [0.15, 0.2) is 12.2 Å². The summed E-state index contributed by atoms with van der Waals surface area (Å²) in [5.41, 5.74) is 0. The lowest BCUT2D eigenvalue weighted by Crippen LogP contribution is -2.36. The molecule has 0 aliphatic heterocycles. The van der Waals surface area contributed by atoms with Crippen molar-refractivity contribution in [1.82, 2.24) is 4.90 Å². The van der Waals surface area contributed by atoms with Gasteiger partial charge in [-0.3, -0.25) is 9.59 Å². The fourth-order valence-electron chi connectivity index (χ4n) is 2.15. The number of hydrogen-bond acceptors (Lipinski definition) is 2. The van der Waals surface area contributed by atoms with Gasteiger partial charge in [0.1, 0.15) is 0 Å². The molecule has 20 heavy (non-hydrogen) atoms. The molecule has 1 unspecified atom stereocenters. The summed E-state index contributed by atoms with van der Waals surface area (Å²) < 4.78 is 0. The van der Waals surface area contributed by atoms with Crippen molar-refractivity contribution < 1.29 is 14.7 Å². The third-order valence-corrected chi connectivity index (χ3v) is 3.38. The Morgan fingerprint density at radius 2 is 1.75 bits per heavy atom. The average molecular weight is 283 g/mol. The van der Waals surface area contributed by atoms with Crippen molar-refractivity contribution in [2.45, 2.75) is 59.3 Å². The highest BCUT2D eigenvalue weighted by molar-refractivity contribution is 5.84. The number of unbranched alkanes of at least 4 members (excludes halogenated alkanes) is 4. The number of aliphatic carboxylic acids is 1. The molecule has 0 bridgehead atoms. The molecule has 116 valence electrons. The molecule has 0 aliphatic rings. The molecule has 0 aliphatic carbocycles. The summed E-state index contributed by atoms with van der Waals surface area (Å²) in [7, 11) is 0. The Bertz CT molecular complexity index is 309. The second kappa shape index (κ2) is 11.5. The van der Waals surface area contributed by atoms with Crippen LogP contribution in [0, 0.1) is 5.92 Å². The summed E-state index contributed by atoms with van der Waals surface area (Å²) in [4.78, 5) is 24.8. The highest BCUT2D eigenvalue weighted by atomic mass is 16.4. The normalized spacial score (nSPS) is 12.6. The van der Waals surface area contributed by atoms with Gasteiger partial charge in [-0.15, -0.1) is 0 Å². The van der Waals surface area contributed by atoms with Crippen molar-refractivity contribution in [3.63, 3.8) is 0 Å². The lowest BCUT2D eigenvalue weighted by atomic mass is 10.0. The number of carboxylic acids is 1. The van der Waals surface area contributed by atoms with Crippen molar-refractivity contribution in [1.29, 1.82) is 0 Å². The molecular weight excluding hydrogens is 254 g/mol. The topological polar surface area (TPSA) is 57.6 Å². The largest absolute Gasteiger partial charge is 0.481 e. The second-order valence-electron chi connectivity index (χ2n) is 4.99. The van der Waals surface area contributed by atoms with Gasteiger partial charge in [0, 0.05) is 13.1 Å². The van der Waals surface area contributed by atoms with Gasteiger partial charge < -0.3 is 10.0 Å². The van der Waals surface area contributed by atoms with Gasteiger partial charge in [-0.2, -0.15) is 0 Å². The molecule has 4 nitrogen and oxygen atoms in total. The van der Waals surface area contributed by atoms with Gasteiger partial charge in [0.25, 0.3) is 0 Å². The maximum Gasteiger partial charge on any atom is 0.304 e. The Labute approximate surface area is 122 Å². The summed E-state index contributed by atoms with van der Waals surface area (Å²) in [5.74, 6) is -1.54. The van der Waals surface area contributed by atoms with Crippen molar-refractivity contribution in [3.05, 3.63) is 12.2 Å². The number of amides is 1. The fraction of sp³-hybridized carbons (Fsp3) is 0.750. The van der Waals surface area contributed by atoms with Gasteiger partial charge in [0.05, 0.1) is 12.3 Å². The molecule has 0 saturated carbocycles. The maximum absolute atomic E-state index is 12.2. The number of allylic oxidation sites excluding steroid dienone is 1. The van der Waals surface area contributed by atoms with Crippen LogP contribution in [0.4, 0.5) is 0 Å². The van der Waals surface area contributed by atoms with E-state index in [0.717, 1.165) is 12.8 Å². The van der Waals surface area contributed by atoms with Crippen LogP contribution in [-0.2, 0) is 9.59 Å². The van der Waals surface area contributed by atoms with E-state index in [1.807, 2.05) is 19.9 Å². The van der Waals surface area contributed by atoms with E-state index in [9.17, 15) is 9.59 Å². The van der Waals surface area contributed by atoms with Crippen LogP contribution in [0.25, 0.3) is 0 Å². The molecule has 0 fully saturated rings. The summed E-state index contributed by atoms with van der Waals surface area (Å²) in [5, 5.41) is 8.93. The zero-order valence-corrected chi connectivity index (χ0v) is 13.1. The monoisotopic (exact) mass is 283 g/mol. The molecule has 0 heterocycles. The SMILES string of the molecule is CCCCCC/C=C/C(CC(=O)O)C(=O)N(CC)CC. The second-order valence-corrected chi connectivity index (χ2v) is 4.99. The van der Waals surface area contributed by atoms with E-state index in [1.165, 1.54) is 19.3 Å². The molecule has 0 aromatic heterocycles. The van der Waals surface area contributed by atoms with Gasteiger partial charge in [0.15, 0.2) is 0 Å².